The van der Waals surface area contributed by atoms with Crippen LogP contribution in [0.15, 0.2) is 5.16 Å². The molecule has 0 amide bonds. The highest BCUT2D eigenvalue weighted by Gasteiger charge is 2.25. The third-order valence-corrected chi connectivity index (χ3v) is 5.06. The van der Waals surface area contributed by atoms with E-state index in [-0.39, 0.29) is 11.9 Å². The maximum Gasteiger partial charge on any atom is 0.338 e. The average Bonchev–Trinajstić information content (AvgIpc) is 2.89. The lowest BCUT2D eigenvalue weighted by molar-refractivity contribution is -0.149. The van der Waals surface area contributed by atoms with Crippen molar-refractivity contribution in [1.29, 1.82) is 0 Å². The Labute approximate surface area is 132 Å². The molecule has 0 unspecified atom stereocenters. The number of hydrogen-bond acceptors (Lipinski definition) is 3. The van der Waals surface area contributed by atoms with Crippen molar-refractivity contribution < 1.29 is 9.63 Å². The maximum absolute atomic E-state index is 12.2. The van der Waals surface area contributed by atoms with Crippen LogP contribution in [0.1, 0.15) is 74.4 Å². The minimum absolute atomic E-state index is 0.0553. The molecular formula is C18H26N2O2. The molecule has 0 saturated heterocycles. The van der Waals surface area contributed by atoms with Crippen molar-refractivity contribution in [3.05, 3.63) is 22.5 Å². The highest BCUT2D eigenvalue weighted by atomic mass is 16.7. The van der Waals surface area contributed by atoms with E-state index in [0.29, 0.717) is 0 Å². The zero-order chi connectivity index (χ0) is 15.5. The maximum atomic E-state index is 12.2. The van der Waals surface area contributed by atoms with Crippen LogP contribution in [0.25, 0.3) is 0 Å². The van der Waals surface area contributed by atoms with Crippen LogP contribution in [0, 0.1) is 12.8 Å². The largest absolute Gasteiger partial charge is 0.362 e. The Kier molecular flexibility index (Phi) is 4.65. The second-order valence-electron chi connectivity index (χ2n) is 6.57. The van der Waals surface area contributed by atoms with E-state index in [0.717, 1.165) is 57.1 Å². The molecular weight excluding hydrogens is 276 g/mol. The molecule has 0 aliphatic heterocycles. The number of carbonyl (C=O) groups is 1. The van der Waals surface area contributed by atoms with Crippen LogP contribution in [-0.2, 0) is 22.5 Å². The van der Waals surface area contributed by atoms with Gasteiger partial charge in [0.15, 0.2) is 0 Å². The van der Waals surface area contributed by atoms with Crippen LogP contribution in [0.3, 0.4) is 0 Å². The highest BCUT2D eigenvalue weighted by Crippen LogP contribution is 2.29. The number of H-pyrrole nitrogens is 1. The van der Waals surface area contributed by atoms with Crippen LogP contribution in [0.5, 0.6) is 0 Å². The molecule has 3 rings (SSSR count). The van der Waals surface area contributed by atoms with Crippen LogP contribution in [0.4, 0.5) is 0 Å². The first-order valence-corrected chi connectivity index (χ1v) is 8.69. The number of nitrogens with one attached hydrogen (secondary N) is 1. The van der Waals surface area contributed by atoms with Gasteiger partial charge in [-0.05, 0) is 51.0 Å². The number of oxime groups is 1. The van der Waals surface area contributed by atoms with Gasteiger partial charge in [-0.3, -0.25) is 0 Å². The number of aryl methyl sites for hydroxylation is 2. The molecule has 0 atom stereocenters. The number of fused-ring (bicyclic) bond motifs is 1. The predicted molar refractivity (Wildman–Crippen MR) is 87.0 cm³/mol. The molecule has 4 heteroatoms. The Morgan fingerprint density at radius 3 is 2.73 bits per heavy atom. The monoisotopic (exact) mass is 302 g/mol. The summed E-state index contributed by atoms with van der Waals surface area (Å²) in [6, 6.07) is 0. The highest BCUT2D eigenvalue weighted by molar-refractivity contribution is 6.04. The average molecular weight is 302 g/mol. The minimum atomic E-state index is -0.135. The summed E-state index contributed by atoms with van der Waals surface area (Å²) in [4.78, 5) is 21.0. The smallest absolute Gasteiger partial charge is 0.338 e. The molecule has 4 nitrogen and oxygen atoms in total. The number of aromatic amines is 1. The molecule has 1 aromatic rings. The van der Waals surface area contributed by atoms with Crippen molar-refractivity contribution in [2.75, 3.05) is 0 Å². The van der Waals surface area contributed by atoms with E-state index in [1.807, 2.05) is 0 Å². The molecule has 1 aromatic heterocycles. The summed E-state index contributed by atoms with van der Waals surface area (Å²) in [5.74, 6) is -0.0793. The lowest BCUT2D eigenvalue weighted by Gasteiger charge is -2.19. The Hall–Kier alpha value is -1.58. The number of hydrogen-bond donors (Lipinski definition) is 1. The van der Waals surface area contributed by atoms with Gasteiger partial charge in [0.2, 0.25) is 0 Å². The normalized spacial score (nSPS) is 20.9. The second kappa shape index (κ2) is 6.67. The summed E-state index contributed by atoms with van der Waals surface area (Å²) >= 11 is 0. The Morgan fingerprint density at radius 2 is 2.00 bits per heavy atom. The lowest BCUT2D eigenvalue weighted by Crippen LogP contribution is -2.20. The predicted octanol–water partition coefficient (Wildman–Crippen LogP) is 4.05. The molecule has 0 bridgehead atoms. The fourth-order valence-corrected chi connectivity index (χ4v) is 3.87. The van der Waals surface area contributed by atoms with Gasteiger partial charge in [0.25, 0.3) is 0 Å². The quantitative estimate of drug-likeness (QED) is 0.676. The van der Waals surface area contributed by atoms with E-state index < -0.39 is 0 Å². The molecule has 0 spiro atoms. The van der Waals surface area contributed by atoms with E-state index in [4.69, 9.17) is 4.84 Å². The molecule has 2 aliphatic rings. The Bertz CT molecular complexity index is 580. The van der Waals surface area contributed by atoms with Crippen LogP contribution >= 0.6 is 0 Å². The molecule has 1 N–H and O–H groups in total. The minimum Gasteiger partial charge on any atom is -0.362 e. The van der Waals surface area contributed by atoms with Gasteiger partial charge in [0, 0.05) is 17.0 Å². The van der Waals surface area contributed by atoms with Crippen molar-refractivity contribution >= 4 is 11.7 Å². The van der Waals surface area contributed by atoms with Crippen LogP contribution in [0.2, 0.25) is 0 Å². The summed E-state index contributed by atoms with van der Waals surface area (Å²) in [6.07, 6.45) is 9.43. The van der Waals surface area contributed by atoms with E-state index in [1.165, 1.54) is 28.9 Å². The van der Waals surface area contributed by atoms with Crippen LogP contribution < -0.4 is 0 Å². The van der Waals surface area contributed by atoms with Crippen LogP contribution in [-0.4, -0.2) is 16.7 Å². The van der Waals surface area contributed by atoms with Gasteiger partial charge in [-0.1, -0.05) is 31.3 Å². The number of rotatable bonds is 3. The molecule has 1 heterocycles. The molecule has 1 fully saturated rings. The Balaban J connectivity index is 1.77. The first-order chi connectivity index (χ1) is 10.7. The van der Waals surface area contributed by atoms with E-state index >= 15 is 0 Å². The van der Waals surface area contributed by atoms with Crippen molar-refractivity contribution in [3.8, 4) is 0 Å². The second-order valence-corrected chi connectivity index (χ2v) is 6.57. The summed E-state index contributed by atoms with van der Waals surface area (Å²) < 4.78 is 0. The summed E-state index contributed by atoms with van der Waals surface area (Å²) in [5.41, 5.74) is 5.96. The van der Waals surface area contributed by atoms with Gasteiger partial charge in [-0.2, -0.15) is 0 Å². The molecule has 0 radical (unpaired) electrons. The first-order valence-electron chi connectivity index (χ1n) is 8.69. The zero-order valence-corrected chi connectivity index (χ0v) is 13.7. The van der Waals surface area contributed by atoms with Crippen molar-refractivity contribution in [2.45, 2.75) is 71.6 Å². The van der Waals surface area contributed by atoms with Gasteiger partial charge in [-0.15, -0.1) is 0 Å². The van der Waals surface area contributed by atoms with Gasteiger partial charge in [0.05, 0.1) is 11.6 Å². The van der Waals surface area contributed by atoms with Gasteiger partial charge in [-0.25, -0.2) is 4.79 Å². The molecule has 120 valence electrons. The van der Waals surface area contributed by atoms with E-state index in [2.05, 4.69) is 24.0 Å². The van der Waals surface area contributed by atoms with Gasteiger partial charge in [0.1, 0.15) is 0 Å². The third kappa shape index (κ3) is 2.96. The molecule has 2 aliphatic carbocycles. The standard InChI is InChI=1S/C18H26N2O2/c1-3-14-12(2)19-15-10-7-11-16(17(14)15)20-22-18(21)13-8-5-4-6-9-13/h13,19H,3-11H2,1-2H3/b20-16+. The summed E-state index contributed by atoms with van der Waals surface area (Å²) in [5, 5.41) is 4.27. The molecule has 22 heavy (non-hydrogen) atoms. The van der Waals surface area contributed by atoms with Gasteiger partial charge < -0.3 is 9.82 Å². The first kappa shape index (κ1) is 15.3. The number of aromatic nitrogens is 1. The number of nitrogens with zero attached hydrogens (tertiary/aromatic N) is 1. The Morgan fingerprint density at radius 1 is 1.23 bits per heavy atom. The topological polar surface area (TPSA) is 54.4 Å². The number of carbonyl (C=O) groups excluding carboxylic acids is 1. The SMILES string of the molecule is CCc1c(C)[nH]c2c1/C(=N/OC(=O)C1CCCCC1)CCC2. The summed E-state index contributed by atoms with van der Waals surface area (Å²) in [6.45, 7) is 4.28. The van der Waals surface area contributed by atoms with Crippen molar-refractivity contribution in [1.82, 2.24) is 4.98 Å². The van der Waals surface area contributed by atoms with E-state index in [1.54, 1.807) is 0 Å². The summed E-state index contributed by atoms with van der Waals surface area (Å²) in [7, 11) is 0. The van der Waals surface area contributed by atoms with E-state index in [9.17, 15) is 4.79 Å². The third-order valence-electron chi connectivity index (χ3n) is 5.06. The fourth-order valence-electron chi connectivity index (χ4n) is 3.87. The lowest BCUT2D eigenvalue weighted by atomic mass is 9.89. The fraction of sp³-hybridized carbons (Fsp3) is 0.667. The zero-order valence-electron chi connectivity index (χ0n) is 13.7. The van der Waals surface area contributed by atoms with Gasteiger partial charge >= 0.3 is 5.97 Å². The molecule has 1 saturated carbocycles. The van der Waals surface area contributed by atoms with Crippen molar-refractivity contribution in [2.24, 2.45) is 11.1 Å². The molecule has 0 aromatic carbocycles. The van der Waals surface area contributed by atoms with Crippen molar-refractivity contribution in [3.63, 3.8) is 0 Å².